The van der Waals surface area contributed by atoms with Crippen molar-refractivity contribution >= 4 is 23.5 Å². The van der Waals surface area contributed by atoms with E-state index in [1.807, 2.05) is 30.0 Å². The van der Waals surface area contributed by atoms with E-state index >= 15 is 0 Å². The molecule has 1 aliphatic rings. The van der Waals surface area contributed by atoms with Crippen molar-refractivity contribution in [3.8, 4) is 5.75 Å². The van der Waals surface area contributed by atoms with Gasteiger partial charge in [0.05, 0.1) is 18.4 Å². The predicted octanol–water partition coefficient (Wildman–Crippen LogP) is 1.71. The van der Waals surface area contributed by atoms with E-state index in [0.29, 0.717) is 49.1 Å². The molecule has 0 atom stereocenters. The SMILES string of the molecule is COc1ccc(C)cc1NC(=O)c1cnc(N2CCN(C(C)=O)CC2)nc1. The number of carbonyl (C=O) groups excluding carboxylic acids is 2. The number of piperazine rings is 1. The van der Waals surface area contributed by atoms with Gasteiger partial charge in [0.25, 0.3) is 5.91 Å². The van der Waals surface area contributed by atoms with Gasteiger partial charge in [-0.2, -0.15) is 0 Å². The molecule has 0 aliphatic carbocycles. The highest BCUT2D eigenvalue weighted by molar-refractivity contribution is 6.04. The largest absolute Gasteiger partial charge is 0.495 e. The lowest BCUT2D eigenvalue weighted by Gasteiger charge is -2.34. The molecule has 1 aromatic carbocycles. The van der Waals surface area contributed by atoms with Gasteiger partial charge in [-0.15, -0.1) is 0 Å². The fourth-order valence-corrected chi connectivity index (χ4v) is 2.94. The first-order valence-corrected chi connectivity index (χ1v) is 8.76. The summed E-state index contributed by atoms with van der Waals surface area (Å²) in [5.41, 5.74) is 1.99. The van der Waals surface area contributed by atoms with Crippen LogP contribution in [0, 0.1) is 6.92 Å². The summed E-state index contributed by atoms with van der Waals surface area (Å²) in [6.07, 6.45) is 3.02. The Morgan fingerprint density at radius 1 is 1.11 bits per heavy atom. The van der Waals surface area contributed by atoms with Gasteiger partial charge >= 0.3 is 0 Å². The van der Waals surface area contributed by atoms with Gasteiger partial charge in [0.2, 0.25) is 11.9 Å². The molecule has 1 fully saturated rings. The standard InChI is InChI=1S/C19H23N5O3/c1-13-4-5-17(27-3)16(10-13)22-18(26)15-11-20-19(21-12-15)24-8-6-23(7-9-24)14(2)25/h4-5,10-12H,6-9H2,1-3H3,(H,22,26). The van der Waals surface area contributed by atoms with Crippen LogP contribution in [0.1, 0.15) is 22.8 Å². The number of anilines is 2. The third-order valence-electron chi connectivity index (χ3n) is 4.51. The Morgan fingerprint density at radius 3 is 2.37 bits per heavy atom. The number of amides is 2. The predicted molar refractivity (Wildman–Crippen MR) is 102 cm³/mol. The minimum Gasteiger partial charge on any atom is -0.495 e. The quantitative estimate of drug-likeness (QED) is 0.883. The summed E-state index contributed by atoms with van der Waals surface area (Å²) in [6, 6.07) is 5.57. The molecule has 8 nitrogen and oxygen atoms in total. The van der Waals surface area contributed by atoms with Crippen LogP contribution in [-0.2, 0) is 4.79 Å². The van der Waals surface area contributed by atoms with E-state index in [-0.39, 0.29) is 11.8 Å². The van der Waals surface area contributed by atoms with E-state index in [2.05, 4.69) is 15.3 Å². The zero-order valence-electron chi connectivity index (χ0n) is 15.7. The van der Waals surface area contributed by atoms with E-state index < -0.39 is 0 Å². The maximum Gasteiger partial charge on any atom is 0.258 e. The second-order valence-electron chi connectivity index (χ2n) is 6.42. The molecule has 0 unspecified atom stereocenters. The lowest BCUT2D eigenvalue weighted by atomic mass is 10.2. The molecule has 0 spiro atoms. The Labute approximate surface area is 158 Å². The number of benzene rings is 1. The second kappa shape index (κ2) is 8.03. The molecular formula is C19H23N5O3. The van der Waals surface area contributed by atoms with Gasteiger partial charge in [0.1, 0.15) is 5.75 Å². The van der Waals surface area contributed by atoms with Gasteiger partial charge in [-0.1, -0.05) is 6.07 Å². The molecule has 1 N–H and O–H groups in total. The number of ether oxygens (including phenoxy) is 1. The van der Waals surface area contributed by atoms with Crippen molar-refractivity contribution in [3.63, 3.8) is 0 Å². The van der Waals surface area contributed by atoms with Crippen molar-refractivity contribution in [1.82, 2.24) is 14.9 Å². The fraction of sp³-hybridized carbons (Fsp3) is 0.368. The summed E-state index contributed by atoms with van der Waals surface area (Å²) in [5.74, 6) is 0.929. The molecular weight excluding hydrogens is 346 g/mol. The smallest absolute Gasteiger partial charge is 0.258 e. The van der Waals surface area contributed by atoms with Crippen molar-refractivity contribution in [1.29, 1.82) is 0 Å². The minimum atomic E-state index is -0.299. The molecule has 2 aromatic rings. The molecule has 1 saturated heterocycles. The summed E-state index contributed by atoms with van der Waals surface area (Å²) < 4.78 is 5.28. The first-order chi connectivity index (χ1) is 13.0. The van der Waals surface area contributed by atoms with Crippen LogP contribution in [-0.4, -0.2) is 60.0 Å². The molecule has 0 saturated carbocycles. The number of methoxy groups -OCH3 is 1. The zero-order chi connectivity index (χ0) is 19.4. The lowest BCUT2D eigenvalue weighted by molar-refractivity contribution is -0.129. The average Bonchev–Trinajstić information content (AvgIpc) is 2.68. The minimum absolute atomic E-state index is 0.0779. The number of aryl methyl sites for hydroxylation is 1. The first kappa shape index (κ1) is 18.6. The highest BCUT2D eigenvalue weighted by Crippen LogP contribution is 2.25. The number of aromatic nitrogens is 2. The molecule has 2 amide bonds. The van der Waals surface area contributed by atoms with Crippen LogP contribution in [0.2, 0.25) is 0 Å². The molecule has 2 heterocycles. The number of nitrogens with one attached hydrogen (secondary N) is 1. The molecule has 1 aromatic heterocycles. The van der Waals surface area contributed by atoms with Crippen molar-refractivity contribution in [3.05, 3.63) is 41.7 Å². The topological polar surface area (TPSA) is 87.7 Å². The normalized spacial score (nSPS) is 14.0. The molecule has 27 heavy (non-hydrogen) atoms. The van der Waals surface area contributed by atoms with E-state index in [9.17, 15) is 9.59 Å². The highest BCUT2D eigenvalue weighted by Gasteiger charge is 2.20. The Kier molecular flexibility index (Phi) is 5.54. The second-order valence-corrected chi connectivity index (χ2v) is 6.42. The van der Waals surface area contributed by atoms with Crippen molar-refractivity contribution in [2.45, 2.75) is 13.8 Å². The molecule has 0 bridgehead atoms. The van der Waals surface area contributed by atoms with Gasteiger partial charge in [-0.25, -0.2) is 9.97 Å². The Hall–Kier alpha value is -3.16. The van der Waals surface area contributed by atoms with Crippen molar-refractivity contribution in [2.24, 2.45) is 0 Å². The van der Waals surface area contributed by atoms with Crippen molar-refractivity contribution in [2.75, 3.05) is 43.5 Å². The molecule has 0 radical (unpaired) electrons. The van der Waals surface area contributed by atoms with Crippen LogP contribution >= 0.6 is 0 Å². The Balaban J connectivity index is 1.66. The van der Waals surface area contributed by atoms with Crippen LogP contribution in [0.25, 0.3) is 0 Å². The van der Waals surface area contributed by atoms with Crippen LogP contribution in [0.5, 0.6) is 5.75 Å². The van der Waals surface area contributed by atoms with Gasteiger partial charge in [0, 0.05) is 45.5 Å². The van der Waals surface area contributed by atoms with Crippen LogP contribution in [0.15, 0.2) is 30.6 Å². The zero-order valence-corrected chi connectivity index (χ0v) is 15.7. The summed E-state index contributed by atoms with van der Waals surface area (Å²) >= 11 is 0. The van der Waals surface area contributed by atoms with Gasteiger partial charge in [0.15, 0.2) is 0 Å². The van der Waals surface area contributed by atoms with E-state index in [1.54, 1.807) is 18.9 Å². The summed E-state index contributed by atoms with van der Waals surface area (Å²) in [7, 11) is 1.56. The van der Waals surface area contributed by atoms with E-state index in [0.717, 1.165) is 5.56 Å². The number of hydrogen-bond acceptors (Lipinski definition) is 6. The van der Waals surface area contributed by atoms with Crippen LogP contribution in [0.3, 0.4) is 0 Å². The maximum absolute atomic E-state index is 12.5. The summed E-state index contributed by atoms with van der Waals surface area (Å²) in [5, 5.41) is 2.83. The van der Waals surface area contributed by atoms with E-state index in [1.165, 1.54) is 12.4 Å². The van der Waals surface area contributed by atoms with Crippen molar-refractivity contribution < 1.29 is 14.3 Å². The molecule has 8 heteroatoms. The van der Waals surface area contributed by atoms with Crippen LogP contribution < -0.4 is 15.0 Å². The summed E-state index contributed by atoms with van der Waals surface area (Å²) in [6.45, 7) is 6.15. The van der Waals surface area contributed by atoms with Crippen LogP contribution in [0.4, 0.5) is 11.6 Å². The number of hydrogen-bond donors (Lipinski definition) is 1. The maximum atomic E-state index is 12.5. The lowest BCUT2D eigenvalue weighted by Crippen LogP contribution is -2.48. The molecule has 1 aliphatic heterocycles. The van der Waals surface area contributed by atoms with Gasteiger partial charge in [-0.05, 0) is 24.6 Å². The Morgan fingerprint density at radius 2 is 1.78 bits per heavy atom. The van der Waals surface area contributed by atoms with E-state index in [4.69, 9.17) is 4.74 Å². The highest BCUT2D eigenvalue weighted by atomic mass is 16.5. The Bertz CT molecular complexity index is 830. The molecule has 142 valence electrons. The summed E-state index contributed by atoms with van der Waals surface area (Å²) in [4.78, 5) is 36.3. The number of rotatable bonds is 4. The monoisotopic (exact) mass is 369 g/mol. The molecule has 3 rings (SSSR count). The third kappa shape index (κ3) is 4.33. The van der Waals surface area contributed by atoms with Gasteiger partial charge < -0.3 is 19.9 Å². The fourth-order valence-electron chi connectivity index (χ4n) is 2.94. The number of carbonyl (C=O) groups is 2. The third-order valence-corrected chi connectivity index (χ3v) is 4.51. The van der Waals surface area contributed by atoms with Gasteiger partial charge in [-0.3, -0.25) is 9.59 Å². The average molecular weight is 369 g/mol. The number of nitrogens with zero attached hydrogens (tertiary/aromatic N) is 4. The first-order valence-electron chi connectivity index (χ1n) is 8.76.